The molecule has 5 heteroatoms. The van der Waals surface area contributed by atoms with Crippen molar-refractivity contribution >= 4 is 11.6 Å². The van der Waals surface area contributed by atoms with Crippen LogP contribution >= 0.6 is 0 Å². The molecule has 1 aromatic heterocycles. The zero-order chi connectivity index (χ0) is 15.5. The molecule has 21 heavy (non-hydrogen) atoms. The predicted octanol–water partition coefficient (Wildman–Crippen LogP) is 2.79. The molecule has 1 fully saturated rings. The topological polar surface area (TPSA) is 53.1 Å². The molecule has 0 atom stereocenters. The molecule has 0 unspecified atom stereocenters. The van der Waals surface area contributed by atoms with Crippen molar-refractivity contribution in [1.29, 1.82) is 0 Å². The van der Waals surface area contributed by atoms with Gasteiger partial charge in [-0.05, 0) is 38.4 Å². The van der Waals surface area contributed by atoms with E-state index in [9.17, 15) is 0 Å². The summed E-state index contributed by atoms with van der Waals surface area (Å²) in [5, 5.41) is 6.65. The van der Waals surface area contributed by atoms with Gasteiger partial charge in [0.05, 0.1) is 0 Å². The fourth-order valence-electron chi connectivity index (χ4n) is 2.58. The predicted molar refractivity (Wildman–Crippen MR) is 89.0 cm³/mol. The molecule has 0 spiro atoms. The van der Waals surface area contributed by atoms with E-state index >= 15 is 0 Å². The van der Waals surface area contributed by atoms with Gasteiger partial charge in [-0.2, -0.15) is 0 Å². The number of nitrogens with one attached hydrogen (secondary N) is 2. The molecule has 0 aliphatic carbocycles. The normalized spacial score (nSPS) is 18.8. The van der Waals surface area contributed by atoms with Crippen molar-refractivity contribution in [3.63, 3.8) is 0 Å². The van der Waals surface area contributed by atoms with Crippen LogP contribution in [0.2, 0.25) is 0 Å². The lowest BCUT2D eigenvalue weighted by Crippen LogP contribution is -2.40. The van der Waals surface area contributed by atoms with Crippen molar-refractivity contribution in [2.45, 2.75) is 39.5 Å². The van der Waals surface area contributed by atoms with Crippen molar-refractivity contribution in [1.82, 2.24) is 14.9 Å². The van der Waals surface area contributed by atoms with E-state index < -0.39 is 0 Å². The number of hydrogen-bond acceptors (Lipinski definition) is 5. The number of hydrogen-bond donors (Lipinski definition) is 2. The third-order valence-corrected chi connectivity index (χ3v) is 4.41. The summed E-state index contributed by atoms with van der Waals surface area (Å²) in [6.07, 6.45) is 2.47. The highest BCUT2D eigenvalue weighted by atomic mass is 15.1. The van der Waals surface area contributed by atoms with Gasteiger partial charge in [0.2, 0.25) is 0 Å². The Balaban J connectivity index is 2.04. The van der Waals surface area contributed by atoms with Crippen molar-refractivity contribution in [2.24, 2.45) is 5.41 Å². The lowest BCUT2D eigenvalue weighted by Gasteiger charge is -2.38. The minimum Gasteiger partial charge on any atom is -0.373 e. The van der Waals surface area contributed by atoms with Gasteiger partial charge in [-0.1, -0.05) is 20.8 Å². The Bertz CT molecular complexity index is 464. The number of rotatable bonds is 5. The van der Waals surface area contributed by atoms with Crippen LogP contribution in [0, 0.1) is 5.41 Å². The second kappa shape index (κ2) is 6.60. The number of piperidine rings is 1. The molecule has 0 bridgehead atoms. The molecule has 0 amide bonds. The SMILES string of the molecule is CNc1cc(NCC2(C)CCN(C)CC2)nc(C(C)C)n1. The van der Waals surface area contributed by atoms with Crippen LogP contribution in [0.5, 0.6) is 0 Å². The number of likely N-dealkylation sites (tertiary alicyclic amines) is 1. The number of anilines is 2. The summed E-state index contributed by atoms with van der Waals surface area (Å²) in [4.78, 5) is 11.5. The summed E-state index contributed by atoms with van der Waals surface area (Å²) >= 11 is 0. The molecule has 2 N–H and O–H groups in total. The molecule has 5 nitrogen and oxygen atoms in total. The Kier molecular flexibility index (Phi) is 5.04. The highest BCUT2D eigenvalue weighted by Gasteiger charge is 2.28. The highest BCUT2D eigenvalue weighted by molar-refractivity contribution is 5.47. The average molecular weight is 291 g/mol. The van der Waals surface area contributed by atoms with Gasteiger partial charge >= 0.3 is 0 Å². The van der Waals surface area contributed by atoms with E-state index in [0.29, 0.717) is 11.3 Å². The Morgan fingerprint density at radius 2 is 1.86 bits per heavy atom. The molecule has 1 aliphatic heterocycles. The zero-order valence-corrected chi connectivity index (χ0v) is 14.0. The fraction of sp³-hybridized carbons (Fsp3) is 0.750. The number of nitrogens with zero attached hydrogens (tertiary/aromatic N) is 3. The van der Waals surface area contributed by atoms with Gasteiger partial charge in [0.1, 0.15) is 17.5 Å². The third kappa shape index (κ3) is 4.30. The molecular formula is C16H29N5. The molecule has 1 aromatic rings. The largest absolute Gasteiger partial charge is 0.373 e. The van der Waals surface area contributed by atoms with Gasteiger partial charge in [-0.15, -0.1) is 0 Å². The van der Waals surface area contributed by atoms with Crippen molar-refractivity contribution < 1.29 is 0 Å². The third-order valence-electron chi connectivity index (χ3n) is 4.41. The summed E-state index contributed by atoms with van der Waals surface area (Å²) in [5.74, 6) is 3.03. The van der Waals surface area contributed by atoms with E-state index in [1.165, 1.54) is 25.9 Å². The summed E-state index contributed by atoms with van der Waals surface area (Å²) in [6.45, 7) is 9.95. The first kappa shape index (κ1) is 16.0. The Morgan fingerprint density at radius 1 is 1.24 bits per heavy atom. The summed E-state index contributed by atoms with van der Waals surface area (Å²) in [5.41, 5.74) is 0.356. The maximum atomic E-state index is 4.64. The van der Waals surface area contributed by atoms with Gasteiger partial charge in [-0.25, -0.2) is 9.97 Å². The van der Waals surface area contributed by atoms with Crippen LogP contribution in [0.25, 0.3) is 0 Å². The average Bonchev–Trinajstić information content (AvgIpc) is 2.48. The van der Waals surface area contributed by atoms with Gasteiger partial charge in [0.25, 0.3) is 0 Å². The first-order valence-electron chi connectivity index (χ1n) is 7.91. The molecule has 0 aromatic carbocycles. The molecule has 2 heterocycles. The van der Waals surface area contributed by atoms with Crippen LogP contribution in [0.3, 0.4) is 0 Å². The monoisotopic (exact) mass is 291 g/mol. The van der Waals surface area contributed by atoms with Crippen LogP contribution in [0.1, 0.15) is 45.4 Å². The second-order valence-electron chi connectivity index (χ2n) is 6.87. The maximum Gasteiger partial charge on any atom is 0.135 e. The lowest BCUT2D eigenvalue weighted by molar-refractivity contribution is 0.150. The molecule has 0 saturated carbocycles. The van der Waals surface area contributed by atoms with E-state index in [2.05, 4.69) is 53.3 Å². The summed E-state index contributed by atoms with van der Waals surface area (Å²) in [7, 11) is 4.10. The van der Waals surface area contributed by atoms with Crippen LogP contribution in [0.4, 0.5) is 11.6 Å². The Hall–Kier alpha value is -1.36. The minimum absolute atomic E-state index is 0.331. The lowest BCUT2D eigenvalue weighted by atomic mass is 9.80. The van der Waals surface area contributed by atoms with Crippen molar-refractivity contribution in [3.05, 3.63) is 11.9 Å². The van der Waals surface area contributed by atoms with Gasteiger partial charge in [-0.3, -0.25) is 0 Å². The highest BCUT2D eigenvalue weighted by Crippen LogP contribution is 2.30. The Morgan fingerprint density at radius 3 is 2.43 bits per heavy atom. The molecule has 1 aliphatic rings. The summed E-state index contributed by atoms with van der Waals surface area (Å²) < 4.78 is 0. The quantitative estimate of drug-likeness (QED) is 0.873. The van der Waals surface area contributed by atoms with Gasteiger partial charge in [0.15, 0.2) is 0 Å². The fourth-order valence-corrected chi connectivity index (χ4v) is 2.58. The van der Waals surface area contributed by atoms with Crippen molar-refractivity contribution in [3.8, 4) is 0 Å². The van der Waals surface area contributed by atoms with Crippen LogP contribution in [0.15, 0.2) is 6.07 Å². The molecule has 0 radical (unpaired) electrons. The molecule has 118 valence electrons. The van der Waals surface area contributed by atoms with Crippen molar-refractivity contribution in [2.75, 3.05) is 44.4 Å². The second-order valence-corrected chi connectivity index (χ2v) is 6.87. The van der Waals surface area contributed by atoms with Gasteiger partial charge < -0.3 is 15.5 Å². The first-order chi connectivity index (χ1) is 9.92. The smallest absolute Gasteiger partial charge is 0.135 e. The molecular weight excluding hydrogens is 262 g/mol. The molecule has 2 rings (SSSR count). The summed E-state index contributed by atoms with van der Waals surface area (Å²) in [6, 6.07) is 1.99. The van der Waals surface area contributed by atoms with Gasteiger partial charge in [0, 0.05) is 25.6 Å². The number of aromatic nitrogens is 2. The van der Waals surface area contributed by atoms with Crippen LogP contribution < -0.4 is 10.6 Å². The maximum absolute atomic E-state index is 4.64. The minimum atomic E-state index is 0.331. The van der Waals surface area contributed by atoms with Crippen LogP contribution in [-0.2, 0) is 0 Å². The van der Waals surface area contributed by atoms with E-state index in [0.717, 1.165) is 24.0 Å². The Labute approximate surface area is 128 Å². The van der Waals surface area contributed by atoms with E-state index in [4.69, 9.17) is 0 Å². The van der Waals surface area contributed by atoms with E-state index in [1.807, 2.05) is 13.1 Å². The van der Waals surface area contributed by atoms with E-state index in [-0.39, 0.29) is 0 Å². The zero-order valence-electron chi connectivity index (χ0n) is 14.0. The van der Waals surface area contributed by atoms with E-state index in [1.54, 1.807) is 0 Å². The molecule has 1 saturated heterocycles. The first-order valence-corrected chi connectivity index (χ1v) is 7.91. The van der Waals surface area contributed by atoms with Crippen LogP contribution in [-0.4, -0.2) is 48.6 Å². The standard InChI is InChI=1S/C16H29N5/c1-12(2)15-19-13(17-4)10-14(20-15)18-11-16(3)6-8-21(5)9-7-16/h10,12H,6-9,11H2,1-5H3,(H2,17,18,19,20).